The predicted molar refractivity (Wildman–Crippen MR) is 71.8 cm³/mol. The molecule has 20 heavy (non-hydrogen) atoms. The molecule has 0 atom stereocenters. The van der Waals surface area contributed by atoms with Gasteiger partial charge in [-0.1, -0.05) is 12.1 Å². The first-order valence-electron chi connectivity index (χ1n) is 5.71. The summed E-state index contributed by atoms with van der Waals surface area (Å²) in [6.45, 7) is 0.277. The molecular formula is C14H10N4O2. The second-order valence-electron chi connectivity index (χ2n) is 3.66. The van der Waals surface area contributed by atoms with Crippen molar-refractivity contribution in [3.05, 3.63) is 48.4 Å². The Kier molecular flexibility index (Phi) is 4.37. The second-order valence-corrected chi connectivity index (χ2v) is 3.66. The Balaban J connectivity index is 2.08. The summed E-state index contributed by atoms with van der Waals surface area (Å²) in [6, 6.07) is 14.0. The molecule has 0 fully saturated rings. The van der Waals surface area contributed by atoms with Crippen molar-refractivity contribution < 1.29 is 9.15 Å². The lowest BCUT2D eigenvalue weighted by Gasteiger charge is -2.09. The number of hydrogen-bond donors (Lipinski definition) is 1. The number of nitrogens with one attached hydrogen (secondary N) is 1. The fourth-order valence-corrected chi connectivity index (χ4v) is 1.42. The van der Waals surface area contributed by atoms with Crippen LogP contribution in [0.3, 0.4) is 0 Å². The molecule has 0 amide bonds. The SMILES string of the molecule is N#CC(C#N)=NNc1ccccc1OCc1ccco1. The van der Waals surface area contributed by atoms with Crippen molar-refractivity contribution >= 4 is 11.4 Å². The molecule has 2 aromatic rings. The van der Waals surface area contributed by atoms with Crippen molar-refractivity contribution in [3.63, 3.8) is 0 Å². The van der Waals surface area contributed by atoms with Gasteiger partial charge < -0.3 is 9.15 Å². The number of para-hydroxylation sites is 2. The van der Waals surface area contributed by atoms with Crippen LogP contribution in [-0.4, -0.2) is 5.71 Å². The minimum absolute atomic E-state index is 0.258. The topological polar surface area (TPSA) is 94.3 Å². The average Bonchev–Trinajstić information content (AvgIpc) is 3.00. The molecule has 6 heteroatoms. The van der Waals surface area contributed by atoms with Crippen LogP contribution < -0.4 is 10.2 Å². The molecule has 0 aliphatic heterocycles. The van der Waals surface area contributed by atoms with Gasteiger partial charge in [-0.15, -0.1) is 0 Å². The molecule has 0 radical (unpaired) electrons. The van der Waals surface area contributed by atoms with Crippen molar-refractivity contribution in [1.29, 1.82) is 10.5 Å². The highest BCUT2D eigenvalue weighted by atomic mass is 16.5. The minimum Gasteiger partial charge on any atom is -0.483 e. The summed E-state index contributed by atoms with van der Waals surface area (Å²) in [7, 11) is 0. The molecular weight excluding hydrogens is 256 g/mol. The van der Waals surface area contributed by atoms with Crippen molar-refractivity contribution in [2.75, 3.05) is 5.43 Å². The van der Waals surface area contributed by atoms with Crippen LogP contribution in [0.25, 0.3) is 0 Å². The molecule has 1 aromatic carbocycles. The number of furan rings is 1. The third kappa shape index (κ3) is 3.37. The van der Waals surface area contributed by atoms with E-state index in [1.165, 1.54) is 0 Å². The number of rotatable bonds is 5. The molecule has 98 valence electrons. The molecule has 1 heterocycles. The van der Waals surface area contributed by atoms with Crippen LogP contribution in [-0.2, 0) is 6.61 Å². The first-order valence-corrected chi connectivity index (χ1v) is 5.71. The van der Waals surface area contributed by atoms with Crippen LogP contribution in [0.1, 0.15) is 5.76 Å². The summed E-state index contributed by atoms with van der Waals surface area (Å²) < 4.78 is 10.8. The third-order valence-electron chi connectivity index (χ3n) is 2.34. The summed E-state index contributed by atoms with van der Waals surface area (Å²) in [5.41, 5.74) is 2.93. The normalized spacial score (nSPS) is 9.10. The molecule has 0 aliphatic rings. The van der Waals surface area contributed by atoms with E-state index in [1.807, 2.05) is 6.07 Å². The zero-order chi connectivity index (χ0) is 14.2. The van der Waals surface area contributed by atoms with Crippen molar-refractivity contribution in [2.45, 2.75) is 6.61 Å². The zero-order valence-corrected chi connectivity index (χ0v) is 10.4. The maximum atomic E-state index is 8.61. The molecule has 0 bridgehead atoms. The Morgan fingerprint density at radius 2 is 2.00 bits per heavy atom. The summed E-state index contributed by atoms with van der Waals surface area (Å²) >= 11 is 0. The lowest BCUT2D eigenvalue weighted by Crippen LogP contribution is -2.00. The van der Waals surface area contributed by atoms with Crippen molar-refractivity contribution in [2.24, 2.45) is 5.10 Å². The molecule has 0 saturated heterocycles. The lowest BCUT2D eigenvalue weighted by atomic mass is 10.3. The van der Waals surface area contributed by atoms with Crippen LogP contribution in [0.2, 0.25) is 0 Å². The number of ether oxygens (including phenoxy) is 1. The van der Waals surface area contributed by atoms with E-state index in [-0.39, 0.29) is 12.3 Å². The van der Waals surface area contributed by atoms with Crippen LogP contribution in [0.15, 0.2) is 52.2 Å². The monoisotopic (exact) mass is 266 g/mol. The largest absolute Gasteiger partial charge is 0.483 e. The van der Waals surface area contributed by atoms with Gasteiger partial charge in [0.05, 0.1) is 12.0 Å². The van der Waals surface area contributed by atoms with Gasteiger partial charge in [0.25, 0.3) is 0 Å². The number of nitrogens with zero attached hydrogens (tertiary/aromatic N) is 3. The molecule has 6 nitrogen and oxygen atoms in total. The molecule has 0 aliphatic carbocycles. The smallest absolute Gasteiger partial charge is 0.237 e. The van der Waals surface area contributed by atoms with Gasteiger partial charge in [0.1, 0.15) is 30.3 Å². The van der Waals surface area contributed by atoms with E-state index >= 15 is 0 Å². The number of hydrazone groups is 1. The third-order valence-corrected chi connectivity index (χ3v) is 2.34. The first-order chi connectivity index (χ1) is 9.83. The fraction of sp³-hybridized carbons (Fsp3) is 0.0714. The van der Waals surface area contributed by atoms with Gasteiger partial charge in [0.2, 0.25) is 5.71 Å². The molecule has 0 saturated carbocycles. The fourth-order valence-electron chi connectivity index (χ4n) is 1.42. The Labute approximate surface area is 115 Å². The molecule has 1 aromatic heterocycles. The maximum Gasteiger partial charge on any atom is 0.237 e. The van der Waals surface area contributed by atoms with Gasteiger partial charge in [-0.3, -0.25) is 5.43 Å². The van der Waals surface area contributed by atoms with Gasteiger partial charge in [0, 0.05) is 0 Å². The number of nitriles is 2. The van der Waals surface area contributed by atoms with Crippen LogP contribution in [0.5, 0.6) is 5.75 Å². The first kappa shape index (κ1) is 13.2. The Bertz CT molecular complexity index is 662. The quantitative estimate of drug-likeness (QED) is 0.663. The highest BCUT2D eigenvalue weighted by Crippen LogP contribution is 2.24. The average molecular weight is 266 g/mol. The highest BCUT2D eigenvalue weighted by molar-refractivity contribution is 6.10. The van der Waals surface area contributed by atoms with Crippen LogP contribution >= 0.6 is 0 Å². The summed E-state index contributed by atoms with van der Waals surface area (Å²) in [6.07, 6.45) is 1.57. The van der Waals surface area contributed by atoms with E-state index in [0.717, 1.165) is 0 Å². The minimum atomic E-state index is -0.258. The van der Waals surface area contributed by atoms with Gasteiger partial charge in [-0.25, -0.2) is 0 Å². The zero-order valence-electron chi connectivity index (χ0n) is 10.4. The Morgan fingerprint density at radius 1 is 1.20 bits per heavy atom. The van der Waals surface area contributed by atoms with Gasteiger partial charge in [0.15, 0.2) is 0 Å². The Morgan fingerprint density at radius 3 is 2.70 bits per heavy atom. The standard InChI is InChI=1S/C14H10N4O2/c15-8-11(9-16)17-18-13-5-1-2-6-14(13)20-10-12-4-3-7-19-12/h1-7,18H,10H2. The number of benzene rings is 1. The summed E-state index contributed by atoms with van der Waals surface area (Å²) in [5.74, 6) is 1.24. The number of anilines is 1. The van der Waals surface area contributed by atoms with E-state index in [0.29, 0.717) is 17.2 Å². The van der Waals surface area contributed by atoms with E-state index < -0.39 is 0 Å². The van der Waals surface area contributed by atoms with Gasteiger partial charge in [-0.2, -0.15) is 15.6 Å². The molecule has 1 N–H and O–H groups in total. The molecule has 2 rings (SSSR count). The maximum absolute atomic E-state index is 8.61. The van der Waals surface area contributed by atoms with E-state index in [4.69, 9.17) is 19.7 Å². The van der Waals surface area contributed by atoms with Crippen molar-refractivity contribution in [3.8, 4) is 17.9 Å². The summed E-state index contributed by atoms with van der Waals surface area (Å²) in [5, 5.41) is 20.9. The molecule has 0 unspecified atom stereocenters. The highest BCUT2D eigenvalue weighted by Gasteiger charge is 2.04. The lowest BCUT2D eigenvalue weighted by molar-refractivity contribution is 0.271. The van der Waals surface area contributed by atoms with Crippen LogP contribution in [0.4, 0.5) is 5.69 Å². The van der Waals surface area contributed by atoms with Gasteiger partial charge >= 0.3 is 0 Å². The summed E-state index contributed by atoms with van der Waals surface area (Å²) in [4.78, 5) is 0. The number of hydrogen-bond acceptors (Lipinski definition) is 6. The Hall–Kier alpha value is -3.25. The van der Waals surface area contributed by atoms with E-state index in [1.54, 1.807) is 48.7 Å². The van der Waals surface area contributed by atoms with Gasteiger partial charge in [-0.05, 0) is 24.3 Å². The molecule has 0 spiro atoms. The van der Waals surface area contributed by atoms with Crippen LogP contribution in [0, 0.1) is 22.7 Å². The van der Waals surface area contributed by atoms with E-state index in [9.17, 15) is 0 Å². The predicted octanol–water partition coefficient (Wildman–Crippen LogP) is 2.67. The van der Waals surface area contributed by atoms with E-state index in [2.05, 4.69) is 10.5 Å². The van der Waals surface area contributed by atoms with Crippen molar-refractivity contribution in [1.82, 2.24) is 0 Å². The second kappa shape index (κ2) is 6.62.